The van der Waals surface area contributed by atoms with E-state index in [9.17, 15) is 21.9 Å². The fourth-order valence-electron chi connectivity index (χ4n) is 1.29. The lowest BCUT2D eigenvalue weighted by atomic mass is 9.91. The Hall–Kier alpha value is 0.380. The van der Waals surface area contributed by atoms with E-state index in [1.165, 1.54) is 0 Å². The fraction of sp³-hybridized carbons (Fsp3) is 1.00. The summed E-state index contributed by atoms with van der Waals surface area (Å²) in [6, 6.07) is 0. The zero-order valence-electron chi connectivity index (χ0n) is 7.92. The summed E-state index contributed by atoms with van der Waals surface area (Å²) in [6.07, 6.45) is -2.50. The molecule has 6 nitrogen and oxygen atoms in total. The second-order valence-corrected chi connectivity index (χ2v) is 6.54. The Balaban J connectivity index is 2.21. The molecule has 17 heavy (non-hydrogen) atoms. The molecule has 12 heteroatoms. The average Bonchev–Trinajstić information content (AvgIpc) is 2.14. The van der Waals surface area contributed by atoms with Crippen LogP contribution in [0.2, 0.25) is 0 Å². The SMILES string of the molecule is O=P1(F)OCC2(CO1)C(F)OP(=O)(F)OC2Cl. The molecule has 1 spiro atoms. The molecule has 2 saturated heterocycles. The van der Waals surface area contributed by atoms with Gasteiger partial charge in [0.1, 0.15) is 5.41 Å². The highest BCUT2D eigenvalue weighted by Crippen LogP contribution is 2.65. The standard InChI is InChI=1S/C5H6ClF3O6P2/c6-3-5(1-12-16(8,10)13-2-5)4(7)15-17(9,11)14-3/h3-4H,1-2H2. The summed E-state index contributed by atoms with van der Waals surface area (Å²) in [4.78, 5) is 0. The molecule has 0 radical (unpaired) electrons. The zero-order chi connectivity index (χ0) is 12.9. The van der Waals surface area contributed by atoms with E-state index >= 15 is 0 Å². The van der Waals surface area contributed by atoms with Crippen LogP contribution in [0.3, 0.4) is 0 Å². The van der Waals surface area contributed by atoms with Crippen LogP contribution in [0.25, 0.3) is 0 Å². The summed E-state index contributed by atoms with van der Waals surface area (Å²) in [5.74, 6) is 0. The maximum Gasteiger partial charge on any atom is 0.517 e. The first-order chi connectivity index (χ1) is 7.67. The first kappa shape index (κ1) is 13.8. The first-order valence-electron chi connectivity index (χ1n) is 4.20. The van der Waals surface area contributed by atoms with E-state index in [-0.39, 0.29) is 0 Å². The minimum absolute atomic E-state index is 0.823. The Bertz CT molecular complexity index is 390. The minimum Gasteiger partial charge on any atom is -0.283 e. The Kier molecular flexibility index (Phi) is 3.41. The number of hydrogen-bond acceptors (Lipinski definition) is 6. The van der Waals surface area contributed by atoms with Gasteiger partial charge in [0, 0.05) is 0 Å². The molecule has 2 fully saturated rings. The van der Waals surface area contributed by atoms with Crippen LogP contribution in [0.4, 0.5) is 12.8 Å². The van der Waals surface area contributed by atoms with Crippen LogP contribution in [-0.4, -0.2) is 25.1 Å². The van der Waals surface area contributed by atoms with Crippen LogP contribution < -0.4 is 0 Å². The van der Waals surface area contributed by atoms with Gasteiger partial charge in [0.25, 0.3) is 0 Å². The molecule has 100 valence electrons. The van der Waals surface area contributed by atoms with Crippen LogP contribution in [0.5, 0.6) is 0 Å². The van der Waals surface area contributed by atoms with Crippen LogP contribution in [0.15, 0.2) is 0 Å². The Morgan fingerprint density at radius 1 is 1.12 bits per heavy atom. The van der Waals surface area contributed by atoms with Crippen LogP contribution >= 0.6 is 27.4 Å². The highest BCUT2D eigenvalue weighted by molar-refractivity contribution is 7.48. The van der Waals surface area contributed by atoms with E-state index in [4.69, 9.17) is 11.6 Å². The molecular weight excluding hydrogens is 310 g/mol. The monoisotopic (exact) mass is 316 g/mol. The van der Waals surface area contributed by atoms with E-state index in [0.717, 1.165) is 0 Å². The van der Waals surface area contributed by atoms with Gasteiger partial charge >= 0.3 is 15.8 Å². The molecule has 2 aliphatic heterocycles. The molecule has 0 N–H and O–H groups in total. The van der Waals surface area contributed by atoms with Crippen molar-refractivity contribution >= 4 is 27.4 Å². The lowest BCUT2D eigenvalue weighted by Crippen LogP contribution is -2.53. The van der Waals surface area contributed by atoms with Gasteiger partial charge in [-0.1, -0.05) is 11.6 Å². The summed E-state index contributed by atoms with van der Waals surface area (Å²) in [7, 11) is -9.87. The number of rotatable bonds is 0. The second kappa shape index (κ2) is 4.20. The van der Waals surface area contributed by atoms with Crippen molar-refractivity contribution in [2.45, 2.75) is 11.9 Å². The lowest BCUT2D eigenvalue weighted by Gasteiger charge is -2.44. The molecule has 0 aromatic rings. The number of hydrogen-bond donors (Lipinski definition) is 0. The molecule has 0 aliphatic carbocycles. The molecule has 2 aliphatic rings. The molecule has 0 bridgehead atoms. The fourth-order valence-corrected chi connectivity index (χ4v) is 3.58. The van der Waals surface area contributed by atoms with Crippen molar-refractivity contribution in [2.75, 3.05) is 13.2 Å². The predicted octanol–water partition coefficient (Wildman–Crippen LogP) is 3.08. The molecular formula is C5H6ClF3O6P2. The molecule has 0 aromatic carbocycles. The highest BCUT2D eigenvalue weighted by atomic mass is 35.5. The zero-order valence-corrected chi connectivity index (χ0v) is 10.5. The van der Waals surface area contributed by atoms with Gasteiger partial charge in [-0.15, -0.1) is 8.39 Å². The van der Waals surface area contributed by atoms with E-state index < -0.39 is 46.4 Å². The highest BCUT2D eigenvalue weighted by Gasteiger charge is 2.61. The van der Waals surface area contributed by atoms with Crippen molar-refractivity contribution in [2.24, 2.45) is 5.41 Å². The van der Waals surface area contributed by atoms with Crippen molar-refractivity contribution in [3.05, 3.63) is 0 Å². The van der Waals surface area contributed by atoms with Gasteiger partial charge < -0.3 is 0 Å². The van der Waals surface area contributed by atoms with Gasteiger partial charge in [0.2, 0.25) is 6.36 Å². The van der Waals surface area contributed by atoms with Gasteiger partial charge in [-0.3, -0.25) is 13.6 Å². The third kappa shape index (κ3) is 2.56. The molecule has 2 heterocycles. The normalized spacial score (nSPS) is 56.0. The molecule has 3 atom stereocenters. The third-order valence-corrected chi connectivity index (χ3v) is 4.74. The summed E-state index contributed by atoms with van der Waals surface area (Å²) in [5.41, 5.74) is -3.70. The molecule has 0 aromatic heterocycles. The summed E-state index contributed by atoms with van der Waals surface area (Å²) >= 11 is 5.50. The van der Waals surface area contributed by atoms with Gasteiger partial charge in [0.05, 0.1) is 13.2 Å². The molecule has 3 unspecified atom stereocenters. The average molecular weight is 316 g/mol. The van der Waals surface area contributed by atoms with E-state index in [1.54, 1.807) is 0 Å². The molecule has 2 rings (SSSR count). The first-order valence-corrected chi connectivity index (χ1v) is 7.51. The van der Waals surface area contributed by atoms with E-state index in [1.807, 2.05) is 0 Å². The van der Waals surface area contributed by atoms with E-state index in [2.05, 4.69) is 18.1 Å². The maximum absolute atomic E-state index is 13.6. The summed E-state index contributed by atoms with van der Waals surface area (Å²) in [6.45, 7) is -1.65. The Labute approximate surface area is 98.6 Å². The van der Waals surface area contributed by atoms with Gasteiger partial charge in [-0.2, -0.15) is 0 Å². The van der Waals surface area contributed by atoms with E-state index in [0.29, 0.717) is 0 Å². The lowest BCUT2D eigenvalue weighted by molar-refractivity contribution is -0.181. The van der Waals surface area contributed by atoms with Crippen molar-refractivity contribution in [3.63, 3.8) is 0 Å². The molecule has 0 saturated carbocycles. The number of halogens is 4. The predicted molar refractivity (Wildman–Crippen MR) is 48.5 cm³/mol. The van der Waals surface area contributed by atoms with Crippen LogP contribution in [-0.2, 0) is 27.2 Å². The smallest absolute Gasteiger partial charge is 0.283 e. The summed E-state index contributed by atoms with van der Waals surface area (Å²) < 4.78 is 76.9. The second-order valence-electron chi connectivity index (χ2n) is 3.48. The topological polar surface area (TPSA) is 71.1 Å². The largest absolute Gasteiger partial charge is 0.517 e. The van der Waals surface area contributed by atoms with Crippen molar-refractivity contribution in [3.8, 4) is 0 Å². The van der Waals surface area contributed by atoms with Gasteiger partial charge in [0.15, 0.2) is 5.56 Å². The Morgan fingerprint density at radius 3 is 2.12 bits per heavy atom. The quantitative estimate of drug-likeness (QED) is 0.505. The van der Waals surface area contributed by atoms with Crippen molar-refractivity contribution in [1.82, 2.24) is 0 Å². The maximum atomic E-state index is 13.6. The summed E-state index contributed by atoms with van der Waals surface area (Å²) in [5, 5.41) is 0. The number of alkyl halides is 2. The van der Waals surface area contributed by atoms with Gasteiger partial charge in [-0.25, -0.2) is 18.0 Å². The minimum atomic E-state index is -5.10. The van der Waals surface area contributed by atoms with Crippen LogP contribution in [0.1, 0.15) is 0 Å². The van der Waals surface area contributed by atoms with Crippen LogP contribution in [0, 0.1) is 5.41 Å². The Morgan fingerprint density at radius 2 is 1.65 bits per heavy atom. The van der Waals surface area contributed by atoms with Gasteiger partial charge in [-0.05, 0) is 0 Å². The van der Waals surface area contributed by atoms with Crippen molar-refractivity contribution in [1.29, 1.82) is 0 Å². The van der Waals surface area contributed by atoms with Crippen molar-refractivity contribution < 1.29 is 40.0 Å². The molecule has 0 amide bonds. The third-order valence-electron chi connectivity index (χ3n) is 2.32.